The van der Waals surface area contributed by atoms with Gasteiger partial charge in [-0.2, -0.15) is 0 Å². The first-order valence-corrected chi connectivity index (χ1v) is 8.24. The highest BCUT2D eigenvalue weighted by Crippen LogP contribution is 2.20. The van der Waals surface area contributed by atoms with Crippen molar-refractivity contribution in [1.29, 1.82) is 0 Å². The molecule has 24 heavy (non-hydrogen) atoms. The van der Waals surface area contributed by atoms with Crippen molar-refractivity contribution in [2.75, 3.05) is 6.54 Å². The summed E-state index contributed by atoms with van der Waals surface area (Å²) in [5, 5.41) is 13.8. The lowest BCUT2D eigenvalue weighted by Crippen LogP contribution is -2.32. The van der Waals surface area contributed by atoms with Crippen LogP contribution in [-0.4, -0.2) is 22.7 Å². The number of aliphatic hydroxyl groups is 1. The fourth-order valence-corrected chi connectivity index (χ4v) is 2.80. The Morgan fingerprint density at radius 3 is 2.17 bits per heavy atom. The van der Waals surface area contributed by atoms with Crippen LogP contribution in [0.3, 0.4) is 0 Å². The van der Waals surface area contributed by atoms with Crippen LogP contribution >= 0.6 is 0 Å². The molecule has 0 aliphatic carbocycles. The summed E-state index contributed by atoms with van der Waals surface area (Å²) in [5.41, 5.74) is 3.24. The number of aliphatic hydroxyl groups excluding tert-OH is 1. The molecule has 1 heterocycles. The molecule has 2 atom stereocenters. The quantitative estimate of drug-likeness (QED) is 0.702. The number of benzene rings is 2. The maximum atomic E-state index is 10.4. The summed E-state index contributed by atoms with van der Waals surface area (Å²) >= 11 is 0. The third kappa shape index (κ3) is 4.51. The van der Waals surface area contributed by atoms with E-state index < -0.39 is 6.10 Å². The molecule has 0 bridgehead atoms. The highest BCUT2D eigenvalue weighted by atomic mass is 16.3. The van der Waals surface area contributed by atoms with Crippen LogP contribution in [-0.2, 0) is 6.42 Å². The molecular weight excluding hydrogens is 296 g/mol. The van der Waals surface area contributed by atoms with E-state index in [0.717, 1.165) is 16.8 Å². The SMILES string of the molecule is OC(CNC(c1ccccc1)c1ccccn1)Cc1ccccc1. The molecule has 0 radical (unpaired) electrons. The number of hydrogen-bond acceptors (Lipinski definition) is 3. The van der Waals surface area contributed by atoms with E-state index in [2.05, 4.69) is 22.4 Å². The maximum absolute atomic E-state index is 10.4. The van der Waals surface area contributed by atoms with Gasteiger partial charge in [0.25, 0.3) is 0 Å². The number of rotatable bonds is 7. The Labute approximate surface area is 143 Å². The van der Waals surface area contributed by atoms with Gasteiger partial charge >= 0.3 is 0 Å². The molecule has 3 heteroatoms. The van der Waals surface area contributed by atoms with E-state index in [-0.39, 0.29) is 6.04 Å². The first-order valence-electron chi connectivity index (χ1n) is 8.24. The number of pyridine rings is 1. The minimum absolute atomic E-state index is 0.0298. The summed E-state index contributed by atoms with van der Waals surface area (Å²) in [6, 6.07) is 26.1. The molecule has 3 rings (SSSR count). The largest absolute Gasteiger partial charge is 0.391 e. The van der Waals surface area contributed by atoms with E-state index >= 15 is 0 Å². The number of nitrogens with one attached hydrogen (secondary N) is 1. The van der Waals surface area contributed by atoms with E-state index in [1.807, 2.05) is 66.7 Å². The second-order valence-electron chi connectivity index (χ2n) is 5.85. The zero-order valence-corrected chi connectivity index (χ0v) is 13.5. The van der Waals surface area contributed by atoms with E-state index in [9.17, 15) is 5.11 Å². The molecule has 0 fully saturated rings. The predicted octanol–water partition coefficient (Wildman–Crippen LogP) is 3.36. The van der Waals surface area contributed by atoms with Gasteiger partial charge in [0, 0.05) is 12.7 Å². The highest BCUT2D eigenvalue weighted by molar-refractivity contribution is 5.27. The smallest absolute Gasteiger partial charge is 0.0752 e. The van der Waals surface area contributed by atoms with Crippen molar-refractivity contribution < 1.29 is 5.11 Å². The van der Waals surface area contributed by atoms with Gasteiger partial charge in [0.2, 0.25) is 0 Å². The lowest BCUT2D eigenvalue weighted by molar-refractivity contribution is 0.169. The Morgan fingerprint density at radius 1 is 0.833 bits per heavy atom. The van der Waals surface area contributed by atoms with Crippen LogP contribution < -0.4 is 5.32 Å². The lowest BCUT2D eigenvalue weighted by atomic mass is 10.0. The Morgan fingerprint density at radius 2 is 1.50 bits per heavy atom. The molecule has 2 unspecified atom stereocenters. The number of nitrogens with zero attached hydrogens (tertiary/aromatic N) is 1. The number of aromatic nitrogens is 1. The minimum Gasteiger partial charge on any atom is -0.391 e. The fourth-order valence-electron chi connectivity index (χ4n) is 2.80. The molecule has 0 saturated carbocycles. The van der Waals surface area contributed by atoms with Gasteiger partial charge in [-0.15, -0.1) is 0 Å². The highest BCUT2D eigenvalue weighted by Gasteiger charge is 2.16. The average molecular weight is 318 g/mol. The van der Waals surface area contributed by atoms with Crippen molar-refractivity contribution in [3.63, 3.8) is 0 Å². The van der Waals surface area contributed by atoms with Gasteiger partial charge < -0.3 is 10.4 Å². The van der Waals surface area contributed by atoms with Crippen LogP contribution in [0.4, 0.5) is 0 Å². The molecular formula is C21H22N2O. The van der Waals surface area contributed by atoms with Gasteiger partial charge in [-0.3, -0.25) is 4.98 Å². The second kappa shape index (κ2) is 8.39. The van der Waals surface area contributed by atoms with Crippen molar-refractivity contribution in [3.05, 3.63) is 102 Å². The first kappa shape index (κ1) is 16.4. The fraction of sp³-hybridized carbons (Fsp3) is 0.190. The van der Waals surface area contributed by atoms with Crippen LogP contribution in [0.2, 0.25) is 0 Å². The van der Waals surface area contributed by atoms with Gasteiger partial charge in [-0.05, 0) is 29.7 Å². The van der Waals surface area contributed by atoms with E-state index in [1.165, 1.54) is 0 Å². The zero-order chi connectivity index (χ0) is 16.6. The van der Waals surface area contributed by atoms with Gasteiger partial charge in [0.15, 0.2) is 0 Å². The molecule has 0 aliphatic rings. The van der Waals surface area contributed by atoms with Crippen LogP contribution in [0.25, 0.3) is 0 Å². The summed E-state index contributed by atoms with van der Waals surface area (Å²) < 4.78 is 0. The minimum atomic E-state index is -0.442. The molecule has 122 valence electrons. The summed E-state index contributed by atoms with van der Waals surface area (Å²) in [4.78, 5) is 4.47. The standard InChI is InChI=1S/C21H22N2O/c24-19(15-17-9-3-1-4-10-17)16-23-21(18-11-5-2-6-12-18)20-13-7-8-14-22-20/h1-14,19,21,23-24H,15-16H2. The second-order valence-corrected chi connectivity index (χ2v) is 5.85. The maximum Gasteiger partial charge on any atom is 0.0752 e. The van der Waals surface area contributed by atoms with Gasteiger partial charge in [0.05, 0.1) is 17.8 Å². The van der Waals surface area contributed by atoms with Crippen molar-refractivity contribution in [3.8, 4) is 0 Å². The normalized spacial score (nSPS) is 13.4. The summed E-state index contributed by atoms with van der Waals surface area (Å²) in [7, 11) is 0. The third-order valence-corrected chi connectivity index (χ3v) is 3.99. The Hall–Kier alpha value is -2.49. The van der Waals surface area contributed by atoms with E-state index in [0.29, 0.717) is 13.0 Å². The number of hydrogen-bond donors (Lipinski definition) is 2. The predicted molar refractivity (Wildman–Crippen MR) is 96.7 cm³/mol. The summed E-state index contributed by atoms with van der Waals surface area (Å²) in [5.74, 6) is 0. The van der Waals surface area contributed by atoms with Crippen LogP contribution in [0.1, 0.15) is 22.9 Å². The van der Waals surface area contributed by atoms with Crippen molar-refractivity contribution >= 4 is 0 Å². The molecule has 2 aromatic carbocycles. The monoisotopic (exact) mass is 318 g/mol. The Kier molecular flexibility index (Phi) is 5.72. The van der Waals surface area contributed by atoms with Crippen molar-refractivity contribution in [2.24, 2.45) is 0 Å². The molecule has 0 aliphatic heterocycles. The zero-order valence-electron chi connectivity index (χ0n) is 13.5. The molecule has 3 aromatic rings. The summed E-state index contributed by atoms with van der Waals surface area (Å²) in [6.07, 6.45) is 1.99. The molecule has 2 N–H and O–H groups in total. The van der Waals surface area contributed by atoms with Crippen molar-refractivity contribution in [1.82, 2.24) is 10.3 Å². The summed E-state index contributed by atoms with van der Waals surface area (Å²) in [6.45, 7) is 0.505. The topological polar surface area (TPSA) is 45.1 Å². The van der Waals surface area contributed by atoms with E-state index in [1.54, 1.807) is 6.20 Å². The Bertz CT molecular complexity index is 677. The molecule has 0 spiro atoms. The van der Waals surface area contributed by atoms with Gasteiger partial charge in [-0.25, -0.2) is 0 Å². The van der Waals surface area contributed by atoms with E-state index in [4.69, 9.17) is 0 Å². The van der Waals surface area contributed by atoms with Crippen LogP contribution in [0, 0.1) is 0 Å². The average Bonchev–Trinajstić information content (AvgIpc) is 2.64. The first-order chi connectivity index (χ1) is 11.8. The van der Waals surface area contributed by atoms with Gasteiger partial charge in [0.1, 0.15) is 0 Å². The van der Waals surface area contributed by atoms with Crippen molar-refractivity contribution in [2.45, 2.75) is 18.6 Å². The molecule has 0 saturated heterocycles. The lowest BCUT2D eigenvalue weighted by Gasteiger charge is -2.21. The third-order valence-electron chi connectivity index (χ3n) is 3.99. The Balaban J connectivity index is 1.68. The van der Waals surface area contributed by atoms with Crippen LogP contribution in [0.15, 0.2) is 85.1 Å². The molecule has 1 aromatic heterocycles. The van der Waals surface area contributed by atoms with Crippen LogP contribution in [0.5, 0.6) is 0 Å². The van der Waals surface area contributed by atoms with Gasteiger partial charge in [-0.1, -0.05) is 66.7 Å². The molecule has 3 nitrogen and oxygen atoms in total. The molecule has 0 amide bonds.